The molecule has 60 heavy (non-hydrogen) atoms. The van der Waals surface area contributed by atoms with Gasteiger partial charge in [-0.1, -0.05) is 271 Å². The lowest BCUT2D eigenvalue weighted by atomic mass is 10.0. The summed E-state index contributed by atoms with van der Waals surface area (Å²) in [6.07, 6.45) is 64.7. The largest absolute Gasteiger partial charge is 0.324 e. The van der Waals surface area contributed by atoms with Crippen LogP contribution in [0.5, 0.6) is 0 Å². The van der Waals surface area contributed by atoms with E-state index in [2.05, 4.69) is 20.8 Å². The van der Waals surface area contributed by atoms with Gasteiger partial charge in [0.1, 0.15) is 0 Å². The average molecular weight is 870 g/mol. The Kier molecular flexibility index (Phi) is 48.2. The fourth-order valence-electron chi connectivity index (χ4n) is 9.86. The molecule has 0 unspecified atom stereocenters. The molecule has 0 amide bonds. The van der Waals surface area contributed by atoms with E-state index < -0.39 is 10.1 Å². The summed E-state index contributed by atoms with van der Waals surface area (Å²) in [7, 11) is -3.88. The molecule has 0 saturated carbocycles. The standard InChI is InChI=1S/C55H113NO3S/c1-4-7-10-13-16-19-22-25-28-31-34-37-40-43-46-51-56(54-49-50-55-60(57,58)59,52-47-44-41-38-35-32-29-26-23-20-17-14-11-8-5-2)53-48-45-42-39-36-33-30-27-24-21-18-15-12-9-6-3/h4-55H2,1-3H3/p+1. The third-order valence-electron chi connectivity index (χ3n) is 14.0. The normalized spacial score (nSPS) is 12.3. The number of hydrogen-bond donors (Lipinski definition) is 1. The highest BCUT2D eigenvalue weighted by Crippen LogP contribution is 2.22. The van der Waals surface area contributed by atoms with Gasteiger partial charge in [-0.15, -0.1) is 0 Å². The Morgan fingerprint density at radius 2 is 0.400 bits per heavy atom. The van der Waals surface area contributed by atoms with Gasteiger partial charge in [0.15, 0.2) is 0 Å². The van der Waals surface area contributed by atoms with E-state index in [0.29, 0.717) is 6.42 Å². The van der Waals surface area contributed by atoms with Crippen LogP contribution in [0.2, 0.25) is 0 Å². The molecule has 0 bridgehead atoms. The third kappa shape index (κ3) is 47.4. The van der Waals surface area contributed by atoms with Gasteiger partial charge in [0.05, 0.1) is 31.9 Å². The van der Waals surface area contributed by atoms with E-state index in [9.17, 15) is 13.0 Å². The van der Waals surface area contributed by atoms with Crippen LogP contribution in [-0.2, 0) is 10.1 Å². The predicted octanol–water partition coefficient (Wildman–Crippen LogP) is 19.1. The molecule has 0 radical (unpaired) electrons. The molecule has 0 aromatic heterocycles. The first-order chi connectivity index (χ1) is 29.4. The van der Waals surface area contributed by atoms with Crippen molar-refractivity contribution in [2.45, 2.75) is 323 Å². The lowest BCUT2D eigenvalue weighted by molar-refractivity contribution is -0.929. The molecule has 0 fully saturated rings. The highest BCUT2D eigenvalue weighted by molar-refractivity contribution is 7.85. The summed E-state index contributed by atoms with van der Waals surface area (Å²) in [6.45, 7) is 11.8. The third-order valence-corrected chi connectivity index (χ3v) is 14.8. The van der Waals surface area contributed by atoms with E-state index in [1.165, 1.54) is 313 Å². The van der Waals surface area contributed by atoms with Gasteiger partial charge in [-0.3, -0.25) is 4.55 Å². The molecule has 5 heteroatoms. The summed E-state index contributed by atoms with van der Waals surface area (Å²) in [5.41, 5.74) is 0. The van der Waals surface area contributed by atoms with Gasteiger partial charge >= 0.3 is 0 Å². The Labute approximate surface area is 380 Å². The molecular formula is C55H114NO3S+. The Bertz CT molecular complexity index is 824. The summed E-state index contributed by atoms with van der Waals surface area (Å²) in [4.78, 5) is 0. The fraction of sp³-hybridized carbons (Fsp3) is 1.00. The molecule has 0 aliphatic carbocycles. The summed E-state index contributed by atoms with van der Waals surface area (Å²) in [6, 6.07) is 0. The van der Waals surface area contributed by atoms with Crippen LogP contribution < -0.4 is 0 Å². The minimum absolute atomic E-state index is 0.0795. The van der Waals surface area contributed by atoms with Gasteiger partial charge in [-0.2, -0.15) is 8.42 Å². The van der Waals surface area contributed by atoms with Crippen LogP contribution in [0.1, 0.15) is 323 Å². The van der Waals surface area contributed by atoms with Crippen LogP contribution in [0.3, 0.4) is 0 Å². The van der Waals surface area contributed by atoms with Crippen molar-refractivity contribution >= 4 is 10.1 Å². The second kappa shape index (κ2) is 48.3. The summed E-state index contributed by atoms with van der Waals surface area (Å²) < 4.78 is 33.9. The number of unbranched alkanes of at least 4 members (excludes halogenated alkanes) is 43. The van der Waals surface area contributed by atoms with E-state index in [0.717, 1.165) is 13.0 Å². The van der Waals surface area contributed by atoms with E-state index in [1.54, 1.807) is 0 Å². The average Bonchev–Trinajstić information content (AvgIpc) is 3.23. The Balaban J connectivity index is 4.76. The second-order valence-corrected chi connectivity index (χ2v) is 21.7. The maximum atomic E-state index is 11.6. The lowest BCUT2D eigenvalue weighted by Gasteiger charge is -2.39. The molecule has 0 aliphatic heterocycles. The highest BCUT2D eigenvalue weighted by Gasteiger charge is 2.26. The van der Waals surface area contributed by atoms with E-state index in [1.807, 2.05) is 0 Å². The number of hydrogen-bond acceptors (Lipinski definition) is 2. The van der Waals surface area contributed by atoms with Crippen molar-refractivity contribution in [3.63, 3.8) is 0 Å². The van der Waals surface area contributed by atoms with E-state index in [4.69, 9.17) is 0 Å². The van der Waals surface area contributed by atoms with Crippen molar-refractivity contribution in [1.29, 1.82) is 0 Å². The van der Waals surface area contributed by atoms with E-state index >= 15 is 0 Å². The molecule has 1 N–H and O–H groups in total. The molecular weight excluding hydrogens is 755 g/mol. The maximum absolute atomic E-state index is 11.6. The molecule has 0 atom stereocenters. The molecule has 0 aliphatic rings. The minimum atomic E-state index is -3.88. The molecule has 0 aromatic rings. The van der Waals surface area contributed by atoms with Gasteiger partial charge in [-0.05, 0) is 51.4 Å². The Morgan fingerprint density at radius 3 is 0.567 bits per heavy atom. The highest BCUT2D eigenvalue weighted by atomic mass is 32.2. The molecule has 0 aromatic carbocycles. The van der Waals surface area contributed by atoms with Crippen LogP contribution in [0.25, 0.3) is 0 Å². The molecule has 362 valence electrons. The fourth-order valence-corrected chi connectivity index (χ4v) is 10.4. The van der Waals surface area contributed by atoms with Crippen LogP contribution >= 0.6 is 0 Å². The minimum Gasteiger partial charge on any atom is -0.324 e. The van der Waals surface area contributed by atoms with Crippen LogP contribution in [-0.4, -0.2) is 49.4 Å². The SMILES string of the molecule is CCCCCCCCCCCCCCCCC[N+](CCCCCCCCCCCCCCCCC)(CCCCCCCCCCCCCCCCC)CCCCS(=O)(=O)O. The van der Waals surface area contributed by atoms with Crippen molar-refractivity contribution in [2.24, 2.45) is 0 Å². The molecule has 4 nitrogen and oxygen atoms in total. The van der Waals surface area contributed by atoms with E-state index in [-0.39, 0.29) is 5.75 Å². The zero-order chi connectivity index (χ0) is 43.8. The van der Waals surface area contributed by atoms with Crippen LogP contribution in [0.4, 0.5) is 0 Å². The Morgan fingerprint density at radius 1 is 0.250 bits per heavy atom. The maximum Gasteiger partial charge on any atom is 0.264 e. The van der Waals surface area contributed by atoms with Crippen molar-refractivity contribution in [3.8, 4) is 0 Å². The molecule has 0 rings (SSSR count). The lowest BCUT2D eigenvalue weighted by Crippen LogP contribution is -2.51. The van der Waals surface area contributed by atoms with Crippen molar-refractivity contribution in [2.75, 3.05) is 31.9 Å². The number of nitrogens with zero attached hydrogens (tertiary/aromatic N) is 1. The Hall–Kier alpha value is -0.130. The second-order valence-electron chi connectivity index (χ2n) is 20.1. The first kappa shape index (κ1) is 59.9. The van der Waals surface area contributed by atoms with Crippen molar-refractivity contribution in [1.82, 2.24) is 0 Å². The summed E-state index contributed by atoms with van der Waals surface area (Å²) in [5, 5.41) is 0. The quantitative estimate of drug-likeness (QED) is 0.0376. The number of quaternary nitrogens is 1. The smallest absolute Gasteiger partial charge is 0.264 e. The zero-order valence-corrected chi connectivity index (χ0v) is 42.7. The predicted molar refractivity (Wildman–Crippen MR) is 270 cm³/mol. The molecule has 0 saturated heterocycles. The van der Waals surface area contributed by atoms with Gasteiger partial charge in [0.2, 0.25) is 0 Å². The molecule has 0 heterocycles. The van der Waals surface area contributed by atoms with Gasteiger partial charge in [0.25, 0.3) is 10.1 Å². The van der Waals surface area contributed by atoms with Crippen LogP contribution in [0, 0.1) is 0 Å². The summed E-state index contributed by atoms with van der Waals surface area (Å²) >= 11 is 0. The van der Waals surface area contributed by atoms with Crippen molar-refractivity contribution < 1.29 is 17.5 Å². The van der Waals surface area contributed by atoms with Crippen molar-refractivity contribution in [3.05, 3.63) is 0 Å². The monoisotopic (exact) mass is 869 g/mol. The van der Waals surface area contributed by atoms with Gasteiger partial charge in [-0.25, -0.2) is 0 Å². The first-order valence-electron chi connectivity index (χ1n) is 28.2. The number of rotatable bonds is 53. The first-order valence-corrected chi connectivity index (χ1v) is 29.8. The zero-order valence-electron chi connectivity index (χ0n) is 41.9. The molecule has 0 spiro atoms. The van der Waals surface area contributed by atoms with Gasteiger partial charge in [0, 0.05) is 0 Å². The topological polar surface area (TPSA) is 54.4 Å². The van der Waals surface area contributed by atoms with Crippen LogP contribution in [0.15, 0.2) is 0 Å². The van der Waals surface area contributed by atoms with Gasteiger partial charge < -0.3 is 4.48 Å². The summed E-state index contributed by atoms with van der Waals surface area (Å²) in [5.74, 6) is -0.0795.